The minimum absolute atomic E-state index is 0.0389. The fourth-order valence-electron chi connectivity index (χ4n) is 5.59. The highest BCUT2D eigenvalue weighted by Crippen LogP contribution is 2.62. The summed E-state index contributed by atoms with van der Waals surface area (Å²) in [7, 11) is 0. The van der Waals surface area contributed by atoms with Crippen LogP contribution in [0.5, 0.6) is 5.88 Å². The average molecular weight is 401 g/mol. The number of H-pyrrole nitrogens is 1. The number of nitrogens with zero attached hydrogens (tertiary/aromatic N) is 1. The van der Waals surface area contributed by atoms with E-state index in [9.17, 15) is 4.79 Å². The van der Waals surface area contributed by atoms with Crippen LogP contribution in [0.4, 0.5) is 0 Å². The van der Waals surface area contributed by atoms with Crippen molar-refractivity contribution in [1.29, 1.82) is 0 Å². The van der Waals surface area contributed by atoms with Gasteiger partial charge in [0.05, 0.1) is 11.0 Å². The third-order valence-corrected chi connectivity index (χ3v) is 9.15. The predicted octanol–water partition coefficient (Wildman–Crippen LogP) is 5.41. The smallest absolute Gasteiger partial charge is 0.258 e. The van der Waals surface area contributed by atoms with Crippen LogP contribution in [0, 0.1) is 11.3 Å². The third-order valence-electron chi connectivity index (χ3n) is 7.96. The van der Waals surface area contributed by atoms with Crippen LogP contribution in [0.25, 0.3) is 0 Å². The molecule has 4 nitrogen and oxygen atoms in total. The first-order valence-electron chi connectivity index (χ1n) is 10.3. The van der Waals surface area contributed by atoms with Crippen molar-refractivity contribution < 1.29 is 4.74 Å². The molecule has 2 aliphatic rings. The lowest BCUT2D eigenvalue weighted by Crippen LogP contribution is -2.64. The summed E-state index contributed by atoms with van der Waals surface area (Å²) in [4.78, 5) is 22.7. The highest BCUT2D eigenvalue weighted by atomic mass is 32.1. The molecule has 2 aromatic heterocycles. The second-order valence-electron chi connectivity index (χ2n) is 10.3. The van der Waals surface area contributed by atoms with Gasteiger partial charge in [-0.3, -0.25) is 4.79 Å². The van der Waals surface area contributed by atoms with Crippen LogP contribution in [0.2, 0.25) is 0 Å². The van der Waals surface area contributed by atoms with Gasteiger partial charge in [-0.1, -0.05) is 26.8 Å². The maximum atomic E-state index is 13.4. The van der Waals surface area contributed by atoms with Gasteiger partial charge in [0.2, 0.25) is 5.88 Å². The number of nitrogens with one attached hydrogen (secondary N) is 1. The van der Waals surface area contributed by atoms with Crippen molar-refractivity contribution in [2.24, 2.45) is 11.3 Å². The molecule has 5 heteroatoms. The standard InChI is InChI=1S/C23H32N2O2S/c1-14-10-11-23(7)21(4,5)27-18-16(22(23,6)13-14)17(26)24-19(25-18)20(2,3)15-9-8-12-28-15/h8-9,12,14H,10-11,13H2,1-7H3,(H,24,25,26)/t14-,22+,23+/m1/s1. The molecule has 0 radical (unpaired) electrons. The lowest BCUT2D eigenvalue weighted by atomic mass is 9.47. The largest absolute Gasteiger partial charge is 0.471 e. The number of hydrogen-bond acceptors (Lipinski definition) is 4. The molecule has 28 heavy (non-hydrogen) atoms. The number of aromatic amines is 1. The molecule has 0 unspecified atom stereocenters. The molecule has 2 aromatic rings. The highest BCUT2D eigenvalue weighted by Gasteiger charge is 2.63. The first-order valence-corrected chi connectivity index (χ1v) is 11.2. The predicted molar refractivity (Wildman–Crippen MR) is 114 cm³/mol. The third kappa shape index (κ3) is 2.47. The Morgan fingerprint density at radius 1 is 1.29 bits per heavy atom. The minimum atomic E-state index is -0.389. The van der Waals surface area contributed by atoms with Crippen molar-refractivity contribution in [3.63, 3.8) is 0 Å². The second kappa shape index (κ2) is 5.94. The summed E-state index contributed by atoms with van der Waals surface area (Å²) >= 11 is 1.68. The Labute approximate surface area is 171 Å². The summed E-state index contributed by atoms with van der Waals surface area (Å²) in [6.07, 6.45) is 3.21. The number of rotatable bonds is 2. The van der Waals surface area contributed by atoms with Gasteiger partial charge in [0.1, 0.15) is 11.4 Å². The van der Waals surface area contributed by atoms with Crippen LogP contribution in [0.3, 0.4) is 0 Å². The molecule has 0 amide bonds. The molecule has 152 valence electrons. The first-order chi connectivity index (χ1) is 12.9. The molecule has 1 aliphatic carbocycles. The highest BCUT2D eigenvalue weighted by molar-refractivity contribution is 7.10. The molecule has 0 bridgehead atoms. The van der Waals surface area contributed by atoms with Gasteiger partial charge in [-0.25, -0.2) is 0 Å². The zero-order valence-corrected chi connectivity index (χ0v) is 18.9. The first kappa shape index (κ1) is 19.7. The number of ether oxygens (including phenoxy) is 1. The van der Waals surface area contributed by atoms with Gasteiger partial charge in [-0.15, -0.1) is 11.3 Å². The molecule has 0 saturated heterocycles. The van der Waals surface area contributed by atoms with E-state index in [1.165, 1.54) is 11.3 Å². The monoisotopic (exact) mass is 400 g/mol. The Balaban J connectivity index is 1.93. The Morgan fingerprint density at radius 2 is 2.00 bits per heavy atom. The zero-order valence-electron chi connectivity index (χ0n) is 18.1. The van der Waals surface area contributed by atoms with E-state index in [-0.39, 0.29) is 27.4 Å². The normalized spacial score (nSPS) is 31.6. The van der Waals surface area contributed by atoms with Crippen LogP contribution in [0.15, 0.2) is 22.3 Å². The molecule has 1 N–H and O–H groups in total. The Bertz CT molecular complexity index is 959. The maximum Gasteiger partial charge on any atom is 0.258 e. The lowest BCUT2D eigenvalue weighted by Gasteiger charge is -2.61. The molecular weight excluding hydrogens is 368 g/mol. The summed E-state index contributed by atoms with van der Waals surface area (Å²) in [6, 6.07) is 4.13. The van der Waals surface area contributed by atoms with Crippen LogP contribution in [-0.2, 0) is 10.8 Å². The van der Waals surface area contributed by atoms with Crippen molar-refractivity contribution in [3.8, 4) is 5.88 Å². The zero-order chi connectivity index (χ0) is 20.5. The maximum absolute atomic E-state index is 13.4. The molecule has 1 fully saturated rings. The quantitative estimate of drug-likeness (QED) is 0.733. The Hall–Kier alpha value is -1.62. The van der Waals surface area contributed by atoms with E-state index >= 15 is 0 Å². The van der Waals surface area contributed by atoms with Gasteiger partial charge in [0.25, 0.3) is 5.56 Å². The van der Waals surface area contributed by atoms with Crippen molar-refractivity contribution >= 4 is 11.3 Å². The summed E-state index contributed by atoms with van der Waals surface area (Å²) in [6.45, 7) is 15.4. The van der Waals surface area contributed by atoms with Crippen LogP contribution in [-0.4, -0.2) is 15.6 Å². The fourth-order valence-corrected chi connectivity index (χ4v) is 6.44. The summed E-state index contributed by atoms with van der Waals surface area (Å²) in [5.74, 6) is 1.79. The molecule has 3 heterocycles. The van der Waals surface area contributed by atoms with Gasteiger partial charge in [-0.2, -0.15) is 4.98 Å². The van der Waals surface area contributed by atoms with Gasteiger partial charge in [0.15, 0.2) is 0 Å². The molecule has 1 saturated carbocycles. The van der Waals surface area contributed by atoms with E-state index in [4.69, 9.17) is 9.72 Å². The molecule has 3 atom stereocenters. The average Bonchev–Trinajstić information content (AvgIpc) is 3.12. The van der Waals surface area contributed by atoms with Gasteiger partial charge in [0, 0.05) is 15.7 Å². The van der Waals surface area contributed by atoms with E-state index in [0.29, 0.717) is 17.6 Å². The van der Waals surface area contributed by atoms with E-state index in [2.05, 4.69) is 64.9 Å². The molecule has 4 rings (SSSR count). The molecular formula is C23H32N2O2S. The number of fused-ring (bicyclic) bond motifs is 3. The summed E-state index contributed by atoms with van der Waals surface area (Å²) in [5, 5.41) is 2.06. The molecule has 0 spiro atoms. The molecule has 0 aromatic carbocycles. The minimum Gasteiger partial charge on any atom is -0.471 e. The number of thiophene rings is 1. The van der Waals surface area contributed by atoms with E-state index < -0.39 is 0 Å². The summed E-state index contributed by atoms with van der Waals surface area (Å²) < 4.78 is 6.50. The SMILES string of the molecule is C[C@@H]1CC[C@@]2(C)C(C)(C)Oc3nc(C(C)(C)c4cccs4)[nH]c(=O)c3[C@]2(C)C1. The molecule has 1 aliphatic heterocycles. The van der Waals surface area contributed by atoms with Gasteiger partial charge >= 0.3 is 0 Å². The van der Waals surface area contributed by atoms with Gasteiger partial charge < -0.3 is 9.72 Å². The van der Waals surface area contributed by atoms with Gasteiger partial charge in [-0.05, 0) is 64.3 Å². The van der Waals surface area contributed by atoms with Crippen LogP contribution < -0.4 is 10.3 Å². The van der Waals surface area contributed by atoms with Crippen molar-refractivity contribution in [2.45, 2.75) is 84.2 Å². The van der Waals surface area contributed by atoms with Crippen molar-refractivity contribution in [1.82, 2.24) is 9.97 Å². The Kier molecular flexibility index (Phi) is 4.18. The topological polar surface area (TPSA) is 55.0 Å². The second-order valence-corrected chi connectivity index (χ2v) is 11.3. The van der Waals surface area contributed by atoms with Crippen molar-refractivity contribution in [2.75, 3.05) is 0 Å². The summed E-state index contributed by atoms with van der Waals surface area (Å²) in [5.41, 5.74) is -0.431. The van der Waals surface area contributed by atoms with Crippen molar-refractivity contribution in [3.05, 3.63) is 44.1 Å². The lowest BCUT2D eigenvalue weighted by molar-refractivity contribution is -0.124. The number of aromatic nitrogens is 2. The van der Waals surface area contributed by atoms with Crippen LogP contribution in [0.1, 0.15) is 84.0 Å². The number of hydrogen-bond donors (Lipinski definition) is 1. The van der Waals surface area contributed by atoms with E-state index in [1.54, 1.807) is 11.3 Å². The van der Waals surface area contributed by atoms with E-state index in [0.717, 1.165) is 18.4 Å². The Morgan fingerprint density at radius 3 is 2.64 bits per heavy atom. The fraction of sp³-hybridized carbons (Fsp3) is 0.652. The van der Waals surface area contributed by atoms with Crippen LogP contribution >= 0.6 is 11.3 Å². The van der Waals surface area contributed by atoms with E-state index in [1.807, 2.05) is 6.07 Å².